The monoisotopic (exact) mass is 283 g/mol. The predicted molar refractivity (Wildman–Crippen MR) is 82.6 cm³/mol. The van der Waals surface area contributed by atoms with Crippen molar-refractivity contribution in [2.24, 2.45) is 0 Å². The molecule has 0 aliphatic heterocycles. The van der Waals surface area contributed by atoms with Gasteiger partial charge in [-0.15, -0.1) is 0 Å². The third-order valence-electron chi connectivity index (χ3n) is 3.60. The first-order chi connectivity index (χ1) is 10.2. The number of imidazole rings is 1. The van der Waals surface area contributed by atoms with Crippen LogP contribution in [0.4, 0.5) is 4.39 Å². The van der Waals surface area contributed by atoms with E-state index in [1.165, 1.54) is 17.8 Å². The molecular formula is C17H18FN3. The molecule has 3 nitrogen and oxygen atoms in total. The average molecular weight is 283 g/mol. The van der Waals surface area contributed by atoms with Crippen LogP contribution in [0.25, 0.3) is 22.6 Å². The van der Waals surface area contributed by atoms with Crippen LogP contribution in [0.2, 0.25) is 0 Å². The summed E-state index contributed by atoms with van der Waals surface area (Å²) in [5.41, 5.74) is 3.96. The van der Waals surface area contributed by atoms with Crippen LogP contribution in [0.15, 0.2) is 36.5 Å². The van der Waals surface area contributed by atoms with Crippen molar-refractivity contribution >= 4 is 11.0 Å². The van der Waals surface area contributed by atoms with Crippen LogP contribution in [0.3, 0.4) is 0 Å². The van der Waals surface area contributed by atoms with Gasteiger partial charge in [0, 0.05) is 6.54 Å². The molecule has 0 N–H and O–H groups in total. The number of aryl methyl sites for hydroxylation is 2. The van der Waals surface area contributed by atoms with E-state index in [0.29, 0.717) is 5.69 Å². The van der Waals surface area contributed by atoms with Crippen molar-refractivity contribution < 1.29 is 4.39 Å². The minimum absolute atomic E-state index is 0.328. The molecule has 0 fully saturated rings. The van der Waals surface area contributed by atoms with Gasteiger partial charge < -0.3 is 4.57 Å². The molecule has 0 spiro atoms. The second kappa shape index (κ2) is 5.64. The maximum atomic E-state index is 13.1. The lowest BCUT2D eigenvalue weighted by Crippen LogP contribution is -2.01. The SMILES string of the molecule is CCCCn1c(-c2ccc(F)cn2)nc2cc(C)ccc21. The lowest BCUT2D eigenvalue weighted by molar-refractivity contribution is 0.620. The molecule has 2 aromatic heterocycles. The summed E-state index contributed by atoms with van der Waals surface area (Å²) in [5.74, 6) is 0.481. The maximum absolute atomic E-state index is 13.1. The summed E-state index contributed by atoms with van der Waals surface area (Å²) < 4.78 is 15.3. The molecule has 0 aliphatic carbocycles. The minimum Gasteiger partial charge on any atom is -0.323 e. The molecule has 0 amide bonds. The number of rotatable bonds is 4. The van der Waals surface area contributed by atoms with Gasteiger partial charge in [0.1, 0.15) is 11.5 Å². The molecule has 0 bridgehead atoms. The van der Waals surface area contributed by atoms with Gasteiger partial charge in [0.25, 0.3) is 0 Å². The molecule has 4 heteroatoms. The Kier molecular flexibility index (Phi) is 3.69. The Morgan fingerprint density at radius 1 is 1.19 bits per heavy atom. The Labute approximate surface area is 123 Å². The van der Waals surface area contributed by atoms with Crippen molar-refractivity contribution in [2.75, 3.05) is 0 Å². The highest BCUT2D eigenvalue weighted by molar-refractivity contribution is 5.80. The van der Waals surface area contributed by atoms with Gasteiger partial charge in [-0.2, -0.15) is 0 Å². The largest absolute Gasteiger partial charge is 0.323 e. The van der Waals surface area contributed by atoms with E-state index in [0.717, 1.165) is 36.2 Å². The summed E-state index contributed by atoms with van der Waals surface area (Å²) in [6.07, 6.45) is 3.43. The summed E-state index contributed by atoms with van der Waals surface area (Å²) in [6, 6.07) is 9.38. The molecule has 2 heterocycles. The fraction of sp³-hybridized carbons (Fsp3) is 0.294. The molecule has 0 radical (unpaired) electrons. The quantitative estimate of drug-likeness (QED) is 0.713. The van der Waals surface area contributed by atoms with Crippen molar-refractivity contribution in [3.63, 3.8) is 0 Å². The molecule has 3 aromatic rings. The first kappa shape index (κ1) is 13.7. The standard InChI is InChI=1S/C17H18FN3/c1-3-4-9-21-16-8-5-12(2)10-15(16)20-17(21)14-7-6-13(18)11-19-14/h5-8,10-11H,3-4,9H2,1-2H3. The second-order valence-corrected chi connectivity index (χ2v) is 5.29. The zero-order valence-electron chi connectivity index (χ0n) is 12.3. The van der Waals surface area contributed by atoms with Crippen molar-refractivity contribution in [2.45, 2.75) is 33.2 Å². The third kappa shape index (κ3) is 2.66. The minimum atomic E-state index is -0.328. The van der Waals surface area contributed by atoms with E-state index in [1.54, 1.807) is 6.07 Å². The summed E-state index contributed by atoms with van der Waals surface area (Å²) in [5, 5.41) is 0. The summed E-state index contributed by atoms with van der Waals surface area (Å²) in [6.45, 7) is 5.11. The lowest BCUT2D eigenvalue weighted by atomic mass is 10.2. The Bertz CT molecular complexity index is 760. The van der Waals surface area contributed by atoms with Crippen LogP contribution >= 0.6 is 0 Å². The Balaban J connectivity index is 2.17. The molecular weight excluding hydrogens is 265 g/mol. The molecule has 0 unspecified atom stereocenters. The third-order valence-corrected chi connectivity index (χ3v) is 3.60. The van der Waals surface area contributed by atoms with Gasteiger partial charge >= 0.3 is 0 Å². The van der Waals surface area contributed by atoms with Crippen LogP contribution in [0.5, 0.6) is 0 Å². The molecule has 3 rings (SSSR count). The zero-order chi connectivity index (χ0) is 14.8. The van der Waals surface area contributed by atoms with Gasteiger partial charge in [-0.3, -0.25) is 0 Å². The Morgan fingerprint density at radius 3 is 2.76 bits per heavy atom. The number of fused-ring (bicyclic) bond motifs is 1. The van der Waals surface area contributed by atoms with Crippen molar-refractivity contribution in [3.8, 4) is 11.5 Å². The van der Waals surface area contributed by atoms with Crippen molar-refractivity contribution in [1.29, 1.82) is 0 Å². The molecule has 108 valence electrons. The van der Waals surface area contributed by atoms with Crippen LogP contribution in [-0.2, 0) is 6.54 Å². The highest BCUT2D eigenvalue weighted by Gasteiger charge is 2.13. The van der Waals surface area contributed by atoms with E-state index in [9.17, 15) is 4.39 Å². The Hall–Kier alpha value is -2.23. The highest BCUT2D eigenvalue weighted by atomic mass is 19.1. The first-order valence-corrected chi connectivity index (χ1v) is 7.28. The number of halogens is 1. The van der Waals surface area contributed by atoms with Crippen LogP contribution in [0, 0.1) is 12.7 Å². The van der Waals surface area contributed by atoms with E-state index in [4.69, 9.17) is 4.98 Å². The highest BCUT2D eigenvalue weighted by Crippen LogP contribution is 2.25. The van der Waals surface area contributed by atoms with Gasteiger partial charge in [-0.25, -0.2) is 14.4 Å². The summed E-state index contributed by atoms with van der Waals surface area (Å²) >= 11 is 0. The van der Waals surface area contributed by atoms with E-state index >= 15 is 0 Å². The Morgan fingerprint density at radius 2 is 2.05 bits per heavy atom. The van der Waals surface area contributed by atoms with E-state index in [2.05, 4.69) is 41.6 Å². The van der Waals surface area contributed by atoms with Gasteiger partial charge in [-0.05, 0) is 43.2 Å². The maximum Gasteiger partial charge on any atom is 0.159 e. The first-order valence-electron chi connectivity index (χ1n) is 7.28. The fourth-order valence-electron chi connectivity index (χ4n) is 2.49. The molecule has 0 saturated carbocycles. The fourth-order valence-corrected chi connectivity index (χ4v) is 2.49. The molecule has 0 saturated heterocycles. The molecule has 1 aromatic carbocycles. The number of hydrogen-bond donors (Lipinski definition) is 0. The number of aromatic nitrogens is 3. The van der Waals surface area contributed by atoms with Gasteiger partial charge in [0.05, 0.1) is 17.2 Å². The number of hydrogen-bond acceptors (Lipinski definition) is 2. The van der Waals surface area contributed by atoms with Gasteiger partial charge in [0.15, 0.2) is 5.82 Å². The van der Waals surface area contributed by atoms with E-state index in [1.807, 2.05) is 0 Å². The summed E-state index contributed by atoms with van der Waals surface area (Å²) in [7, 11) is 0. The lowest BCUT2D eigenvalue weighted by Gasteiger charge is -2.08. The van der Waals surface area contributed by atoms with Crippen LogP contribution < -0.4 is 0 Å². The smallest absolute Gasteiger partial charge is 0.159 e. The zero-order valence-corrected chi connectivity index (χ0v) is 12.3. The second-order valence-electron chi connectivity index (χ2n) is 5.29. The molecule has 0 atom stereocenters. The molecule has 0 aliphatic rings. The molecule has 21 heavy (non-hydrogen) atoms. The topological polar surface area (TPSA) is 30.7 Å². The normalized spacial score (nSPS) is 11.2. The predicted octanol–water partition coefficient (Wildman–Crippen LogP) is 4.35. The average Bonchev–Trinajstić information content (AvgIpc) is 2.83. The number of benzene rings is 1. The van der Waals surface area contributed by atoms with Crippen molar-refractivity contribution in [3.05, 3.63) is 47.9 Å². The van der Waals surface area contributed by atoms with Gasteiger partial charge in [0.2, 0.25) is 0 Å². The van der Waals surface area contributed by atoms with E-state index in [-0.39, 0.29) is 5.82 Å². The number of pyridine rings is 1. The van der Waals surface area contributed by atoms with Crippen LogP contribution in [-0.4, -0.2) is 14.5 Å². The summed E-state index contributed by atoms with van der Waals surface area (Å²) in [4.78, 5) is 8.88. The van der Waals surface area contributed by atoms with Crippen molar-refractivity contribution in [1.82, 2.24) is 14.5 Å². The number of nitrogens with zero attached hydrogens (tertiary/aromatic N) is 3. The van der Waals surface area contributed by atoms with E-state index < -0.39 is 0 Å². The van der Waals surface area contributed by atoms with Crippen LogP contribution in [0.1, 0.15) is 25.3 Å². The number of unbranched alkanes of at least 4 members (excludes halogenated alkanes) is 1. The van der Waals surface area contributed by atoms with Gasteiger partial charge in [-0.1, -0.05) is 19.4 Å².